The van der Waals surface area contributed by atoms with Crippen molar-refractivity contribution >= 4 is 0 Å². The van der Waals surface area contributed by atoms with Crippen molar-refractivity contribution in [3.63, 3.8) is 0 Å². The zero-order chi connectivity index (χ0) is 13.9. The smallest absolute Gasteiger partial charge is 0.0297 e. The van der Waals surface area contributed by atoms with Gasteiger partial charge in [-0.15, -0.1) is 0 Å². The van der Waals surface area contributed by atoms with Crippen LogP contribution in [0.4, 0.5) is 0 Å². The fourth-order valence-corrected chi connectivity index (χ4v) is 2.64. The van der Waals surface area contributed by atoms with Crippen molar-refractivity contribution < 1.29 is 0 Å². The van der Waals surface area contributed by atoms with Crippen LogP contribution < -0.4 is 5.32 Å². The summed E-state index contributed by atoms with van der Waals surface area (Å²) < 4.78 is 0. The first-order chi connectivity index (χ1) is 8.20. The van der Waals surface area contributed by atoms with Crippen LogP contribution in [-0.4, -0.2) is 6.54 Å². The average Bonchev–Trinajstić information content (AvgIpc) is 2.13. The van der Waals surface area contributed by atoms with Crippen LogP contribution in [0.5, 0.6) is 0 Å². The molecule has 0 saturated carbocycles. The zero-order valence-corrected chi connectivity index (χ0v) is 13.1. The van der Waals surface area contributed by atoms with Crippen molar-refractivity contribution in [2.75, 3.05) is 6.54 Å². The number of aryl methyl sites for hydroxylation is 3. The monoisotopic (exact) mass is 247 g/mol. The first-order valence-corrected chi connectivity index (χ1v) is 7.02. The standard InChI is InChI=1S/C17H29N/c1-12-10-13(2)16(14(3)11-12)15(4)18-9-8-17(5,6)7/h10-11,15,18H,8-9H2,1-7H3. The van der Waals surface area contributed by atoms with E-state index < -0.39 is 0 Å². The molecule has 0 saturated heterocycles. The maximum absolute atomic E-state index is 3.66. The van der Waals surface area contributed by atoms with Gasteiger partial charge >= 0.3 is 0 Å². The van der Waals surface area contributed by atoms with Crippen molar-refractivity contribution in [3.05, 3.63) is 34.4 Å². The summed E-state index contributed by atoms with van der Waals surface area (Å²) in [7, 11) is 0. The lowest BCUT2D eigenvalue weighted by Gasteiger charge is -2.23. The number of benzene rings is 1. The SMILES string of the molecule is Cc1cc(C)c(C(C)NCCC(C)(C)C)c(C)c1. The molecule has 0 bridgehead atoms. The molecule has 0 fully saturated rings. The molecular formula is C17H29N. The van der Waals surface area contributed by atoms with Crippen LogP contribution in [0, 0.1) is 26.2 Å². The molecular weight excluding hydrogens is 218 g/mol. The number of nitrogens with one attached hydrogen (secondary N) is 1. The van der Waals surface area contributed by atoms with Gasteiger partial charge in [0.05, 0.1) is 0 Å². The molecule has 0 spiro atoms. The summed E-state index contributed by atoms with van der Waals surface area (Å²) in [6.45, 7) is 16.8. The third-order valence-corrected chi connectivity index (χ3v) is 3.50. The first kappa shape index (κ1) is 15.2. The van der Waals surface area contributed by atoms with E-state index in [9.17, 15) is 0 Å². The molecule has 102 valence electrons. The first-order valence-electron chi connectivity index (χ1n) is 7.02. The predicted molar refractivity (Wildman–Crippen MR) is 81.1 cm³/mol. The lowest BCUT2D eigenvalue weighted by molar-refractivity contribution is 0.357. The predicted octanol–water partition coefficient (Wildman–Crippen LogP) is 4.70. The minimum atomic E-state index is 0.407. The van der Waals surface area contributed by atoms with Crippen molar-refractivity contribution in [1.82, 2.24) is 5.32 Å². The van der Waals surface area contributed by atoms with E-state index in [0.29, 0.717) is 11.5 Å². The van der Waals surface area contributed by atoms with Gasteiger partial charge in [-0.05, 0) is 62.8 Å². The van der Waals surface area contributed by atoms with E-state index in [1.165, 1.54) is 28.7 Å². The van der Waals surface area contributed by atoms with Crippen molar-refractivity contribution in [1.29, 1.82) is 0 Å². The summed E-state index contributed by atoms with van der Waals surface area (Å²) in [6.07, 6.45) is 1.21. The lowest BCUT2D eigenvalue weighted by Crippen LogP contribution is -2.24. The summed E-state index contributed by atoms with van der Waals surface area (Å²) in [5.41, 5.74) is 6.04. The third-order valence-electron chi connectivity index (χ3n) is 3.50. The van der Waals surface area contributed by atoms with E-state index >= 15 is 0 Å². The summed E-state index contributed by atoms with van der Waals surface area (Å²) in [5, 5.41) is 3.66. The summed E-state index contributed by atoms with van der Waals surface area (Å²) >= 11 is 0. The number of rotatable bonds is 4. The highest BCUT2D eigenvalue weighted by Crippen LogP contribution is 2.24. The molecule has 0 heterocycles. The normalized spacial score (nSPS) is 13.7. The van der Waals surface area contributed by atoms with Gasteiger partial charge < -0.3 is 5.32 Å². The van der Waals surface area contributed by atoms with Gasteiger partial charge in [-0.3, -0.25) is 0 Å². The molecule has 1 heteroatoms. The Morgan fingerprint density at radius 3 is 2.00 bits per heavy atom. The molecule has 1 aromatic rings. The Hall–Kier alpha value is -0.820. The fourth-order valence-electron chi connectivity index (χ4n) is 2.64. The molecule has 0 radical (unpaired) electrons. The van der Waals surface area contributed by atoms with E-state index in [4.69, 9.17) is 0 Å². The highest BCUT2D eigenvalue weighted by Gasteiger charge is 2.14. The second-order valence-corrected chi connectivity index (χ2v) is 6.80. The van der Waals surface area contributed by atoms with Crippen LogP contribution in [0.25, 0.3) is 0 Å². The van der Waals surface area contributed by atoms with Crippen LogP contribution >= 0.6 is 0 Å². The fraction of sp³-hybridized carbons (Fsp3) is 0.647. The number of hydrogen-bond acceptors (Lipinski definition) is 1. The Bertz CT molecular complexity index is 376. The highest BCUT2D eigenvalue weighted by atomic mass is 14.9. The van der Waals surface area contributed by atoms with Crippen molar-refractivity contribution in [2.24, 2.45) is 5.41 Å². The molecule has 18 heavy (non-hydrogen) atoms. The van der Waals surface area contributed by atoms with Crippen LogP contribution in [0.3, 0.4) is 0 Å². The molecule has 0 aromatic heterocycles. The van der Waals surface area contributed by atoms with Crippen LogP contribution in [-0.2, 0) is 0 Å². The van der Waals surface area contributed by atoms with Crippen molar-refractivity contribution in [2.45, 2.75) is 60.9 Å². The Labute approximate surface area is 113 Å². The van der Waals surface area contributed by atoms with Gasteiger partial charge in [0, 0.05) is 6.04 Å². The Morgan fingerprint density at radius 1 is 1.06 bits per heavy atom. The van der Waals surface area contributed by atoms with Gasteiger partial charge in [0.15, 0.2) is 0 Å². The molecule has 0 aliphatic heterocycles. The molecule has 1 unspecified atom stereocenters. The van der Waals surface area contributed by atoms with Gasteiger partial charge in [-0.2, -0.15) is 0 Å². The molecule has 1 N–H and O–H groups in total. The Morgan fingerprint density at radius 2 is 1.56 bits per heavy atom. The molecule has 1 nitrogen and oxygen atoms in total. The molecule has 1 rings (SSSR count). The second kappa shape index (κ2) is 5.88. The zero-order valence-electron chi connectivity index (χ0n) is 13.1. The maximum Gasteiger partial charge on any atom is 0.0297 e. The molecule has 0 amide bonds. The quantitative estimate of drug-likeness (QED) is 0.813. The van der Waals surface area contributed by atoms with Gasteiger partial charge in [0.2, 0.25) is 0 Å². The Kier molecular flexibility index (Phi) is 4.98. The maximum atomic E-state index is 3.66. The Balaban J connectivity index is 2.70. The summed E-state index contributed by atoms with van der Waals surface area (Å²) in [4.78, 5) is 0. The van der Waals surface area contributed by atoms with Gasteiger partial charge in [0.1, 0.15) is 0 Å². The minimum absolute atomic E-state index is 0.407. The van der Waals surface area contributed by atoms with Gasteiger partial charge in [-0.25, -0.2) is 0 Å². The largest absolute Gasteiger partial charge is 0.310 e. The minimum Gasteiger partial charge on any atom is -0.310 e. The molecule has 0 aliphatic rings. The van der Waals surface area contributed by atoms with Gasteiger partial charge in [-0.1, -0.05) is 38.5 Å². The average molecular weight is 247 g/mol. The van der Waals surface area contributed by atoms with Crippen LogP contribution in [0.15, 0.2) is 12.1 Å². The van der Waals surface area contributed by atoms with Crippen molar-refractivity contribution in [3.8, 4) is 0 Å². The molecule has 1 atom stereocenters. The van der Waals surface area contributed by atoms with E-state index in [1.807, 2.05) is 0 Å². The number of hydrogen-bond donors (Lipinski definition) is 1. The molecule has 1 aromatic carbocycles. The third kappa shape index (κ3) is 4.45. The second-order valence-electron chi connectivity index (χ2n) is 6.80. The summed E-state index contributed by atoms with van der Waals surface area (Å²) in [6, 6.07) is 5.00. The van der Waals surface area contributed by atoms with E-state index in [-0.39, 0.29) is 0 Å². The van der Waals surface area contributed by atoms with E-state index in [2.05, 4.69) is 65.9 Å². The molecule has 0 aliphatic carbocycles. The summed E-state index contributed by atoms with van der Waals surface area (Å²) in [5.74, 6) is 0. The highest BCUT2D eigenvalue weighted by molar-refractivity contribution is 5.39. The van der Waals surface area contributed by atoms with Crippen LogP contribution in [0.1, 0.15) is 62.4 Å². The lowest BCUT2D eigenvalue weighted by atomic mass is 9.91. The van der Waals surface area contributed by atoms with Crippen LogP contribution in [0.2, 0.25) is 0 Å². The van der Waals surface area contributed by atoms with Gasteiger partial charge in [0.25, 0.3) is 0 Å². The topological polar surface area (TPSA) is 12.0 Å². The van der Waals surface area contributed by atoms with E-state index in [1.54, 1.807) is 0 Å². The van der Waals surface area contributed by atoms with E-state index in [0.717, 1.165) is 6.54 Å².